The van der Waals surface area contributed by atoms with Crippen LogP contribution in [0.15, 0.2) is 27.5 Å². The highest BCUT2D eigenvalue weighted by molar-refractivity contribution is 8.23. The molecular weight excluding hydrogens is 310 g/mol. The van der Waals surface area contributed by atoms with Crippen LogP contribution in [-0.4, -0.2) is 31.9 Å². The molecule has 1 aliphatic heterocycles. The van der Waals surface area contributed by atoms with E-state index in [1.165, 1.54) is 25.1 Å². The van der Waals surface area contributed by atoms with E-state index in [0.717, 1.165) is 0 Å². The number of fused-ring (bicyclic) bond motifs is 1. The maximum atomic E-state index is 11.2. The number of amides is 1. The normalized spacial score (nSPS) is 18.3. The molecule has 1 aromatic rings. The van der Waals surface area contributed by atoms with Gasteiger partial charge in [0.25, 0.3) is 0 Å². The van der Waals surface area contributed by atoms with Crippen LogP contribution in [0.1, 0.15) is 20.3 Å². The first-order valence-corrected chi connectivity index (χ1v) is 8.04. The zero-order valence-corrected chi connectivity index (χ0v) is 12.8. The van der Waals surface area contributed by atoms with Gasteiger partial charge in [-0.2, -0.15) is 0 Å². The number of carboxylic acid groups (broad SMARTS) is 1. The van der Waals surface area contributed by atoms with Crippen molar-refractivity contribution in [2.45, 2.75) is 25.2 Å². The SMILES string of the molecule is CCC(C(=O)O)C1=NS(O)(O)c2ccc(NC(C)=O)cc2N1. The van der Waals surface area contributed by atoms with E-state index < -0.39 is 22.7 Å². The highest BCUT2D eigenvalue weighted by atomic mass is 32.3. The topological polar surface area (TPSA) is 131 Å². The summed E-state index contributed by atoms with van der Waals surface area (Å²) in [7, 11) is -3.48. The minimum Gasteiger partial charge on any atom is -0.481 e. The number of carbonyl (C=O) groups is 2. The molecule has 5 N–H and O–H groups in total. The molecule has 2 rings (SSSR count). The fraction of sp³-hybridized carbons (Fsp3) is 0.308. The lowest BCUT2D eigenvalue weighted by Gasteiger charge is -2.35. The molecule has 9 heteroatoms. The Morgan fingerprint density at radius 2 is 2.09 bits per heavy atom. The van der Waals surface area contributed by atoms with Crippen LogP contribution in [0, 0.1) is 5.92 Å². The van der Waals surface area contributed by atoms with Crippen LogP contribution in [-0.2, 0) is 9.59 Å². The van der Waals surface area contributed by atoms with Crippen molar-refractivity contribution in [1.82, 2.24) is 0 Å². The molecule has 1 aliphatic rings. The molecule has 0 aromatic heterocycles. The van der Waals surface area contributed by atoms with E-state index in [0.29, 0.717) is 11.4 Å². The number of nitrogens with one attached hydrogen (secondary N) is 2. The number of nitrogens with zero attached hydrogens (tertiary/aromatic N) is 1. The van der Waals surface area contributed by atoms with E-state index in [2.05, 4.69) is 15.0 Å². The third kappa shape index (κ3) is 3.21. The monoisotopic (exact) mass is 327 g/mol. The van der Waals surface area contributed by atoms with Crippen LogP contribution < -0.4 is 10.6 Å². The lowest BCUT2D eigenvalue weighted by Crippen LogP contribution is -2.32. The standard InChI is InChI=1S/C13H17N3O5S/c1-3-9(13(18)19)12-15-10-6-8(14-7(2)17)4-5-11(10)22(20,21)16-12/h4-6,9,20-21H,3H2,1-2H3,(H,14,17)(H,15,16)(H,18,19). The van der Waals surface area contributed by atoms with E-state index >= 15 is 0 Å². The predicted octanol–water partition coefficient (Wildman–Crippen LogP) is 2.60. The number of hydrogen-bond donors (Lipinski definition) is 5. The Bertz CT molecular complexity index is 659. The van der Waals surface area contributed by atoms with Crippen LogP contribution in [0.3, 0.4) is 0 Å². The van der Waals surface area contributed by atoms with Crippen molar-refractivity contribution in [2.24, 2.45) is 10.3 Å². The van der Waals surface area contributed by atoms with Crippen molar-refractivity contribution >= 4 is 39.9 Å². The first-order chi connectivity index (χ1) is 10.2. The van der Waals surface area contributed by atoms with Crippen LogP contribution in [0.5, 0.6) is 0 Å². The number of carbonyl (C=O) groups excluding carboxylic acids is 1. The summed E-state index contributed by atoms with van der Waals surface area (Å²) in [5, 5.41) is 14.6. The van der Waals surface area contributed by atoms with Gasteiger partial charge in [0, 0.05) is 12.6 Å². The largest absolute Gasteiger partial charge is 0.481 e. The van der Waals surface area contributed by atoms with Crippen molar-refractivity contribution in [3.8, 4) is 0 Å². The fourth-order valence-corrected chi connectivity index (χ4v) is 3.33. The van der Waals surface area contributed by atoms with Gasteiger partial charge in [-0.3, -0.25) is 18.7 Å². The molecule has 0 bridgehead atoms. The first-order valence-electron chi connectivity index (χ1n) is 6.54. The third-order valence-corrected chi connectivity index (χ3v) is 4.52. The van der Waals surface area contributed by atoms with Crippen LogP contribution in [0.25, 0.3) is 0 Å². The Morgan fingerprint density at radius 1 is 1.41 bits per heavy atom. The summed E-state index contributed by atoms with van der Waals surface area (Å²) in [6.07, 6.45) is 0.247. The van der Waals surface area contributed by atoms with E-state index in [9.17, 15) is 23.8 Å². The minimum absolute atomic E-state index is 0.0116. The number of rotatable bonds is 4. The predicted molar refractivity (Wildman–Crippen MR) is 84.3 cm³/mol. The van der Waals surface area contributed by atoms with Crippen molar-refractivity contribution < 1.29 is 23.8 Å². The van der Waals surface area contributed by atoms with Crippen LogP contribution >= 0.6 is 10.8 Å². The van der Waals surface area contributed by atoms with Gasteiger partial charge >= 0.3 is 5.97 Å². The van der Waals surface area contributed by atoms with Crippen molar-refractivity contribution in [1.29, 1.82) is 0 Å². The Kier molecular flexibility index (Phi) is 4.40. The Hall–Kier alpha value is -2.10. The second-order valence-electron chi connectivity index (χ2n) is 4.81. The summed E-state index contributed by atoms with van der Waals surface area (Å²) in [5.41, 5.74) is 0.773. The van der Waals surface area contributed by atoms with Crippen molar-refractivity contribution in [3.05, 3.63) is 18.2 Å². The summed E-state index contributed by atoms with van der Waals surface area (Å²) in [5.74, 6) is -2.36. The number of carboxylic acids is 1. The van der Waals surface area contributed by atoms with Crippen LogP contribution in [0.2, 0.25) is 0 Å². The molecule has 1 aromatic carbocycles. The molecule has 0 aliphatic carbocycles. The molecule has 0 fully saturated rings. The summed E-state index contributed by atoms with van der Waals surface area (Å²) >= 11 is 0. The smallest absolute Gasteiger partial charge is 0.314 e. The van der Waals surface area contributed by atoms with E-state index in [1.807, 2.05) is 0 Å². The molecule has 1 heterocycles. The minimum atomic E-state index is -3.48. The molecule has 8 nitrogen and oxygen atoms in total. The van der Waals surface area contributed by atoms with Crippen LogP contribution in [0.4, 0.5) is 11.4 Å². The molecule has 0 saturated carbocycles. The van der Waals surface area contributed by atoms with Gasteiger partial charge in [-0.25, -0.2) is 0 Å². The highest BCUT2D eigenvalue weighted by Gasteiger charge is 2.32. The average Bonchev–Trinajstić information content (AvgIpc) is 2.36. The van der Waals surface area contributed by atoms with Gasteiger partial charge in [0.2, 0.25) is 5.91 Å². The lowest BCUT2D eigenvalue weighted by molar-refractivity contribution is -0.139. The van der Waals surface area contributed by atoms with Crippen molar-refractivity contribution in [3.63, 3.8) is 0 Å². The molecule has 1 amide bonds. The molecule has 0 saturated heterocycles. The molecule has 0 spiro atoms. The zero-order chi connectivity index (χ0) is 16.5. The van der Waals surface area contributed by atoms with Gasteiger partial charge in [0.15, 0.2) is 0 Å². The molecule has 0 radical (unpaired) electrons. The third-order valence-electron chi connectivity index (χ3n) is 3.12. The lowest BCUT2D eigenvalue weighted by atomic mass is 10.1. The maximum absolute atomic E-state index is 11.2. The van der Waals surface area contributed by atoms with E-state index in [1.54, 1.807) is 6.92 Å². The van der Waals surface area contributed by atoms with Crippen molar-refractivity contribution in [2.75, 3.05) is 10.6 Å². The molecule has 1 atom stereocenters. The van der Waals surface area contributed by atoms with E-state index in [4.69, 9.17) is 0 Å². The number of benzene rings is 1. The fourth-order valence-electron chi connectivity index (χ4n) is 2.13. The Morgan fingerprint density at radius 3 is 2.64 bits per heavy atom. The molecular formula is C13H17N3O5S. The quantitative estimate of drug-likeness (QED) is 0.577. The number of aliphatic carboxylic acids is 1. The first kappa shape index (κ1) is 16.3. The maximum Gasteiger partial charge on any atom is 0.314 e. The summed E-state index contributed by atoms with van der Waals surface area (Å²) in [4.78, 5) is 22.5. The van der Waals surface area contributed by atoms with Gasteiger partial charge in [0.1, 0.15) is 16.6 Å². The number of amidine groups is 1. The summed E-state index contributed by atoms with van der Waals surface area (Å²) in [6.45, 7) is 3.02. The Labute approximate surface area is 128 Å². The number of hydrogen-bond acceptors (Lipinski definition) is 6. The van der Waals surface area contributed by atoms with E-state index in [-0.39, 0.29) is 23.1 Å². The van der Waals surface area contributed by atoms with Gasteiger partial charge in [0.05, 0.1) is 5.69 Å². The molecule has 1 unspecified atom stereocenters. The number of anilines is 2. The summed E-state index contributed by atoms with van der Waals surface area (Å²) < 4.78 is 24.0. The van der Waals surface area contributed by atoms with Gasteiger partial charge < -0.3 is 15.7 Å². The van der Waals surface area contributed by atoms with Gasteiger partial charge in [-0.1, -0.05) is 17.7 Å². The highest BCUT2D eigenvalue weighted by Crippen LogP contribution is 2.56. The molecule has 120 valence electrons. The zero-order valence-electron chi connectivity index (χ0n) is 12.0. The average molecular weight is 327 g/mol. The molecule has 22 heavy (non-hydrogen) atoms. The second-order valence-corrected chi connectivity index (χ2v) is 6.47. The second kappa shape index (κ2) is 5.95. The Balaban J connectivity index is 2.43. The summed E-state index contributed by atoms with van der Waals surface area (Å²) in [6, 6.07) is 4.46. The van der Waals surface area contributed by atoms with Gasteiger partial charge in [-0.05, 0) is 24.6 Å². The van der Waals surface area contributed by atoms with Gasteiger partial charge in [-0.15, -0.1) is 4.40 Å².